The average Bonchev–Trinajstić information content (AvgIpc) is 2.74. The first-order valence-corrected chi connectivity index (χ1v) is 6.35. The highest BCUT2D eigenvalue weighted by Gasteiger charge is 2.19. The Morgan fingerprint density at radius 3 is 2.68 bits per heavy atom. The lowest BCUT2D eigenvalue weighted by molar-refractivity contribution is 0.0689. The molecule has 2 rings (SSSR count). The van der Waals surface area contributed by atoms with Crippen molar-refractivity contribution < 1.29 is 14.6 Å². The van der Waals surface area contributed by atoms with E-state index in [9.17, 15) is 4.79 Å². The van der Waals surface area contributed by atoms with Crippen LogP contribution in [0.25, 0.3) is 11.3 Å². The topological polar surface area (TPSA) is 64.3 Å². The van der Waals surface area contributed by atoms with Gasteiger partial charge in [0.2, 0.25) is 0 Å². The molecule has 1 aromatic carbocycles. The first-order chi connectivity index (χ1) is 8.95. The van der Waals surface area contributed by atoms with Gasteiger partial charge in [-0.15, -0.1) is 0 Å². The molecule has 0 aliphatic carbocycles. The summed E-state index contributed by atoms with van der Waals surface area (Å²) in [6.07, 6.45) is 0. The minimum absolute atomic E-state index is 0.0129. The third-order valence-corrected chi connectivity index (χ3v) is 3.50. The Hall–Kier alpha value is -1.82. The van der Waals surface area contributed by atoms with E-state index in [1.54, 1.807) is 24.9 Å². The number of carboxylic acid groups (broad SMARTS) is 1. The Kier molecular flexibility index (Phi) is 3.61. The molecule has 1 N–H and O–H groups in total. The fraction of sp³-hybridized carbons (Fsp3) is 0.231. The Bertz CT molecular complexity index is 650. The summed E-state index contributed by atoms with van der Waals surface area (Å²) in [6, 6.07) is 5.38. The zero-order valence-corrected chi connectivity index (χ0v) is 12.4. The molecule has 0 aliphatic rings. The van der Waals surface area contributed by atoms with Crippen LogP contribution >= 0.6 is 15.9 Å². The molecule has 0 saturated heterocycles. The summed E-state index contributed by atoms with van der Waals surface area (Å²) in [5, 5.41) is 13.0. The number of aromatic nitrogens is 2. The van der Waals surface area contributed by atoms with Gasteiger partial charge in [-0.3, -0.25) is 4.68 Å². The number of aryl methyl sites for hydroxylation is 2. The molecule has 0 spiro atoms. The highest BCUT2D eigenvalue weighted by molar-refractivity contribution is 9.10. The zero-order valence-electron chi connectivity index (χ0n) is 10.8. The van der Waals surface area contributed by atoms with Gasteiger partial charge in [0.1, 0.15) is 5.75 Å². The highest BCUT2D eigenvalue weighted by atomic mass is 79.9. The van der Waals surface area contributed by atoms with Gasteiger partial charge in [0.15, 0.2) is 5.69 Å². The molecule has 0 fully saturated rings. The number of nitrogens with zero attached hydrogens (tertiary/aromatic N) is 2. The molecule has 100 valence electrons. The Morgan fingerprint density at radius 1 is 1.47 bits per heavy atom. The van der Waals surface area contributed by atoms with Gasteiger partial charge in [0, 0.05) is 12.6 Å². The Balaban J connectivity index is 2.71. The first kappa shape index (κ1) is 13.6. The summed E-state index contributed by atoms with van der Waals surface area (Å²) in [7, 11) is 3.29. The van der Waals surface area contributed by atoms with E-state index < -0.39 is 5.97 Å². The fourth-order valence-corrected chi connectivity index (χ4v) is 2.47. The number of ether oxygens (including phenoxy) is 1. The largest absolute Gasteiger partial charge is 0.495 e. The third-order valence-electron chi connectivity index (χ3n) is 2.88. The number of aromatic carboxylic acids is 1. The zero-order chi connectivity index (χ0) is 14.2. The SMILES string of the molecule is COc1c(Br)ccc(C)c1-c1cc(C(=O)O)nn1C. The van der Waals surface area contributed by atoms with Gasteiger partial charge in [0.25, 0.3) is 0 Å². The molecular formula is C13H13BrN2O3. The van der Waals surface area contributed by atoms with E-state index in [2.05, 4.69) is 21.0 Å². The normalized spacial score (nSPS) is 10.5. The van der Waals surface area contributed by atoms with Gasteiger partial charge < -0.3 is 9.84 Å². The molecule has 0 atom stereocenters. The lowest BCUT2D eigenvalue weighted by atomic mass is 10.0. The number of halogens is 1. The van der Waals surface area contributed by atoms with Crippen LogP contribution in [0.5, 0.6) is 5.75 Å². The number of carbonyl (C=O) groups is 1. The molecule has 0 saturated carbocycles. The minimum Gasteiger partial charge on any atom is -0.495 e. The smallest absolute Gasteiger partial charge is 0.356 e. The Morgan fingerprint density at radius 2 is 2.16 bits per heavy atom. The van der Waals surface area contributed by atoms with Gasteiger partial charge >= 0.3 is 5.97 Å². The van der Waals surface area contributed by atoms with Crippen molar-refractivity contribution in [2.45, 2.75) is 6.92 Å². The van der Waals surface area contributed by atoms with E-state index in [0.29, 0.717) is 11.4 Å². The molecule has 6 heteroatoms. The first-order valence-electron chi connectivity index (χ1n) is 5.56. The number of methoxy groups -OCH3 is 1. The van der Waals surface area contributed by atoms with Gasteiger partial charge in [-0.2, -0.15) is 5.10 Å². The second-order valence-corrected chi connectivity index (χ2v) is 4.97. The molecular weight excluding hydrogens is 312 g/mol. The Labute approximate surface area is 118 Å². The van der Waals surface area contributed by atoms with Crippen LogP contribution in [0.3, 0.4) is 0 Å². The second-order valence-electron chi connectivity index (χ2n) is 4.12. The molecule has 0 bridgehead atoms. The van der Waals surface area contributed by atoms with Crippen molar-refractivity contribution in [1.29, 1.82) is 0 Å². The van der Waals surface area contributed by atoms with Gasteiger partial charge in [-0.25, -0.2) is 4.79 Å². The third kappa shape index (κ3) is 2.35. The van der Waals surface area contributed by atoms with Crippen molar-refractivity contribution in [2.75, 3.05) is 7.11 Å². The van der Waals surface area contributed by atoms with Crippen LogP contribution in [0.2, 0.25) is 0 Å². The maximum Gasteiger partial charge on any atom is 0.356 e. The van der Waals surface area contributed by atoms with Gasteiger partial charge in [-0.05, 0) is 40.5 Å². The van der Waals surface area contributed by atoms with Crippen LogP contribution < -0.4 is 4.74 Å². The van der Waals surface area contributed by atoms with E-state index in [1.807, 2.05) is 19.1 Å². The molecule has 0 radical (unpaired) electrons. The predicted molar refractivity (Wildman–Crippen MR) is 74.6 cm³/mol. The standard InChI is InChI=1S/C13H13BrN2O3/c1-7-4-5-8(14)12(19-3)11(7)10-6-9(13(17)18)15-16(10)2/h4-6H,1-3H3,(H,17,18). The molecule has 19 heavy (non-hydrogen) atoms. The summed E-state index contributed by atoms with van der Waals surface area (Å²) < 4.78 is 7.76. The van der Waals surface area contributed by atoms with Crippen molar-refractivity contribution in [2.24, 2.45) is 7.05 Å². The van der Waals surface area contributed by atoms with Crippen molar-refractivity contribution in [1.82, 2.24) is 9.78 Å². The van der Waals surface area contributed by atoms with Gasteiger partial charge in [-0.1, -0.05) is 6.07 Å². The predicted octanol–water partition coefficient (Wildman–Crippen LogP) is 2.86. The summed E-state index contributed by atoms with van der Waals surface area (Å²) in [5.74, 6) is -0.381. The maximum absolute atomic E-state index is 11.0. The lowest BCUT2D eigenvalue weighted by Crippen LogP contribution is -2.00. The van der Waals surface area contributed by atoms with Crippen molar-refractivity contribution in [3.05, 3.63) is 33.9 Å². The second kappa shape index (κ2) is 5.05. The van der Waals surface area contributed by atoms with Gasteiger partial charge in [0.05, 0.1) is 17.3 Å². The summed E-state index contributed by atoms with van der Waals surface area (Å²) in [5.41, 5.74) is 2.53. The molecule has 5 nitrogen and oxygen atoms in total. The number of rotatable bonds is 3. The molecule has 0 aliphatic heterocycles. The van der Waals surface area contributed by atoms with E-state index in [-0.39, 0.29) is 5.69 Å². The molecule has 1 aromatic heterocycles. The minimum atomic E-state index is -1.05. The van der Waals surface area contributed by atoms with Crippen LogP contribution in [0.4, 0.5) is 0 Å². The number of hydrogen-bond acceptors (Lipinski definition) is 3. The van der Waals surface area contributed by atoms with Crippen LogP contribution in [-0.4, -0.2) is 28.0 Å². The van der Waals surface area contributed by atoms with Crippen molar-refractivity contribution in [3.63, 3.8) is 0 Å². The van der Waals surface area contributed by atoms with Crippen molar-refractivity contribution >= 4 is 21.9 Å². The van der Waals surface area contributed by atoms with Crippen LogP contribution in [-0.2, 0) is 7.05 Å². The number of carboxylic acids is 1. The summed E-state index contributed by atoms with van der Waals surface area (Å²) in [4.78, 5) is 11.0. The number of hydrogen-bond donors (Lipinski definition) is 1. The number of benzene rings is 1. The fourth-order valence-electron chi connectivity index (χ4n) is 1.98. The van der Waals surface area contributed by atoms with E-state index in [4.69, 9.17) is 9.84 Å². The maximum atomic E-state index is 11.0. The van der Waals surface area contributed by atoms with Crippen LogP contribution in [0, 0.1) is 6.92 Å². The summed E-state index contributed by atoms with van der Waals surface area (Å²) >= 11 is 3.43. The van der Waals surface area contributed by atoms with E-state index in [1.165, 1.54) is 0 Å². The highest BCUT2D eigenvalue weighted by Crippen LogP contribution is 2.38. The van der Waals surface area contributed by atoms with Crippen LogP contribution in [0.1, 0.15) is 16.1 Å². The van der Waals surface area contributed by atoms with E-state index in [0.717, 1.165) is 15.6 Å². The molecule has 0 amide bonds. The quantitative estimate of drug-likeness (QED) is 0.942. The van der Waals surface area contributed by atoms with Crippen molar-refractivity contribution in [3.8, 4) is 17.0 Å². The van der Waals surface area contributed by atoms with E-state index >= 15 is 0 Å². The van der Waals surface area contributed by atoms with Crippen LogP contribution in [0.15, 0.2) is 22.7 Å². The molecule has 1 heterocycles. The average molecular weight is 325 g/mol. The lowest BCUT2D eigenvalue weighted by Gasteiger charge is -2.13. The molecule has 2 aromatic rings. The molecule has 0 unspecified atom stereocenters. The summed E-state index contributed by atoms with van der Waals surface area (Å²) in [6.45, 7) is 1.94. The monoisotopic (exact) mass is 324 g/mol.